The first-order valence-electron chi connectivity index (χ1n) is 7.60. The second-order valence-electron chi connectivity index (χ2n) is 5.49. The van der Waals surface area contributed by atoms with Gasteiger partial charge in [0.25, 0.3) is 5.91 Å². The molecule has 0 spiro atoms. The van der Waals surface area contributed by atoms with Crippen LogP contribution in [0.2, 0.25) is 0 Å². The SMILES string of the molecule is COc1cccc(C[NH+](C)CC(=O)Nc2ccccc2F)c1OC. The molecular formula is C18H22FN2O3+. The van der Waals surface area contributed by atoms with E-state index in [1.165, 1.54) is 12.1 Å². The Morgan fingerprint density at radius 1 is 1.12 bits per heavy atom. The molecule has 0 heterocycles. The average molecular weight is 333 g/mol. The van der Waals surface area contributed by atoms with Crippen LogP contribution in [0.3, 0.4) is 0 Å². The first-order chi connectivity index (χ1) is 11.5. The maximum absolute atomic E-state index is 13.6. The number of nitrogens with one attached hydrogen (secondary N) is 2. The van der Waals surface area contributed by atoms with Crippen LogP contribution in [-0.4, -0.2) is 33.7 Å². The van der Waals surface area contributed by atoms with Gasteiger partial charge in [-0.3, -0.25) is 4.79 Å². The average Bonchev–Trinajstić information content (AvgIpc) is 2.56. The number of benzene rings is 2. The van der Waals surface area contributed by atoms with E-state index in [2.05, 4.69) is 5.32 Å². The topological polar surface area (TPSA) is 52.0 Å². The lowest BCUT2D eigenvalue weighted by Crippen LogP contribution is -3.08. The van der Waals surface area contributed by atoms with Crippen LogP contribution < -0.4 is 19.7 Å². The van der Waals surface area contributed by atoms with Gasteiger partial charge in [0.1, 0.15) is 12.4 Å². The summed E-state index contributed by atoms with van der Waals surface area (Å²) in [6, 6.07) is 11.7. The zero-order chi connectivity index (χ0) is 17.5. The molecule has 0 aliphatic heterocycles. The van der Waals surface area contributed by atoms with E-state index in [0.29, 0.717) is 18.0 Å². The molecule has 6 heteroatoms. The minimum absolute atomic E-state index is 0.189. The molecule has 2 N–H and O–H groups in total. The molecule has 0 bridgehead atoms. The van der Waals surface area contributed by atoms with E-state index >= 15 is 0 Å². The van der Waals surface area contributed by atoms with Gasteiger partial charge in [0.15, 0.2) is 18.0 Å². The van der Waals surface area contributed by atoms with Crippen molar-refractivity contribution in [2.45, 2.75) is 6.54 Å². The standard InChI is InChI=1S/C18H21FN2O3/c1-21(11-13-7-6-10-16(23-2)18(13)24-3)12-17(22)20-15-9-5-4-8-14(15)19/h4-10H,11-12H2,1-3H3,(H,20,22)/p+1. The van der Waals surface area contributed by atoms with E-state index in [-0.39, 0.29) is 18.1 Å². The van der Waals surface area contributed by atoms with Crippen molar-refractivity contribution in [3.63, 3.8) is 0 Å². The largest absolute Gasteiger partial charge is 0.493 e. The zero-order valence-corrected chi connectivity index (χ0v) is 14.1. The molecule has 24 heavy (non-hydrogen) atoms. The van der Waals surface area contributed by atoms with Crippen molar-refractivity contribution in [2.24, 2.45) is 0 Å². The fourth-order valence-corrected chi connectivity index (χ4v) is 2.51. The number of rotatable bonds is 7. The number of amides is 1. The number of carbonyl (C=O) groups excluding carboxylic acids is 1. The van der Waals surface area contributed by atoms with E-state index in [0.717, 1.165) is 10.5 Å². The Labute approximate surface area is 141 Å². The molecule has 0 aromatic heterocycles. The van der Waals surface area contributed by atoms with Crippen LogP contribution in [0, 0.1) is 5.82 Å². The van der Waals surface area contributed by atoms with Gasteiger partial charge < -0.3 is 19.7 Å². The highest BCUT2D eigenvalue weighted by Crippen LogP contribution is 2.29. The molecule has 0 radical (unpaired) electrons. The van der Waals surface area contributed by atoms with Crippen molar-refractivity contribution in [1.29, 1.82) is 0 Å². The van der Waals surface area contributed by atoms with E-state index in [4.69, 9.17) is 9.47 Å². The fourth-order valence-electron chi connectivity index (χ4n) is 2.51. The molecule has 128 valence electrons. The second-order valence-corrected chi connectivity index (χ2v) is 5.49. The predicted octanol–water partition coefficient (Wildman–Crippen LogP) is 1.50. The summed E-state index contributed by atoms with van der Waals surface area (Å²) in [4.78, 5) is 13.0. The molecule has 2 rings (SSSR count). The Kier molecular flexibility index (Phi) is 6.14. The third-order valence-electron chi connectivity index (χ3n) is 3.59. The summed E-state index contributed by atoms with van der Waals surface area (Å²) in [5.41, 5.74) is 1.13. The van der Waals surface area contributed by atoms with Crippen LogP contribution in [0.4, 0.5) is 10.1 Å². The first-order valence-corrected chi connectivity index (χ1v) is 7.60. The van der Waals surface area contributed by atoms with Gasteiger partial charge in [-0.2, -0.15) is 0 Å². The highest BCUT2D eigenvalue weighted by Gasteiger charge is 2.16. The number of anilines is 1. The summed E-state index contributed by atoms with van der Waals surface area (Å²) in [7, 11) is 5.06. The summed E-state index contributed by atoms with van der Waals surface area (Å²) in [5, 5.41) is 2.59. The molecule has 0 aliphatic carbocycles. The van der Waals surface area contributed by atoms with Gasteiger partial charge in [0, 0.05) is 0 Å². The Bertz CT molecular complexity index is 706. The summed E-state index contributed by atoms with van der Waals surface area (Å²) in [6.45, 7) is 0.778. The molecule has 0 saturated carbocycles. The summed E-state index contributed by atoms with van der Waals surface area (Å²) < 4.78 is 24.2. The van der Waals surface area contributed by atoms with Gasteiger partial charge in [0.2, 0.25) is 0 Å². The number of para-hydroxylation sites is 2. The Balaban J connectivity index is 1.99. The summed E-state index contributed by atoms with van der Waals surface area (Å²) in [5.74, 6) is 0.616. The van der Waals surface area contributed by atoms with Crippen LogP contribution in [0.15, 0.2) is 42.5 Å². The van der Waals surface area contributed by atoms with Crippen molar-refractivity contribution in [1.82, 2.24) is 0 Å². The highest BCUT2D eigenvalue weighted by molar-refractivity contribution is 5.91. The minimum atomic E-state index is -0.446. The number of methoxy groups -OCH3 is 2. The minimum Gasteiger partial charge on any atom is -0.493 e. The van der Waals surface area contributed by atoms with Gasteiger partial charge in [0.05, 0.1) is 32.5 Å². The molecule has 5 nitrogen and oxygen atoms in total. The Morgan fingerprint density at radius 2 is 1.88 bits per heavy atom. The number of ether oxygens (including phenoxy) is 2. The third-order valence-corrected chi connectivity index (χ3v) is 3.59. The molecular weight excluding hydrogens is 311 g/mol. The molecule has 0 aliphatic rings. The number of hydrogen-bond acceptors (Lipinski definition) is 3. The van der Waals surface area contributed by atoms with Gasteiger partial charge >= 0.3 is 0 Å². The normalized spacial score (nSPS) is 11.7. The van der Waals surface area contributed by atoms with Gasteiger partial charge in [-0.25, -0.2) is 4.39 Å². The highest BCUT2D eigenvalue weighted by atomic mass is 19.1. The zero-order valence-electron chi connectivity index (χ0n) is 14.1. The van der Waals surface area contributed by atoms with E-state index < -0.39 is 5.82 Å². The molecule has 2 aromatic carbocycles. The van der Waals surface area contributed by atoms with E-state index in [9.17, 15) is 9.18 Å². The summed E-state index contributed by atoms with van der Waals surface area (Å²) in [6.07, 6.45) is 0. The molecule has 1 amide bonds. The monoisotopic (exact) mass is 333 g/mol. The number of carbonyl (C=O) groups is 1. The smallest absolute Gasteiger partial charge is 0.279 e. The number of likely N-dealkylation sites (N-methyl/N-ethyl adjacent to an activating group) is 1. The first kappa shape index (κ1) is 17.7. The third kappa shape index (κ3) is 4.45. The quantitative estimate of drug-likeness (QED) is 0.807. The molecule has 1 unspecified atom stereocenters. The lowest BCUT2D eigenvalue weighted by atomic mass is 10.1. The van der Waals surface area contributed by atoms with Gasteiger partial charge in [-0.05, 0) is 24.3 Å². The second kappa shape index (κ2) is 8.31. The van der Waals surface area contributed by atoms with Crippen molar-refractivity contribution in [3.8, 4) is 11.5 Å². The van der Waals surface area contributed by atoms with Crippen molar-refractivity contribution in [2.75, 3.05) is 33.1 Å². The van der Waals surface area contributed by atoms with E-state index in [1.54, 1.807) is 26.4 Å². The van der Waals surface area contributed by atoms with Crippen LogP contribution in [-0.2, 0) is 11.3 Å². The fraction of sp³-hybridized carbons (Fsp3) is 0.278. The van der Waals surface area contributed by atoms with E-state index in [1.807, 2.05) is 25.2 Å². The van der Waals surface area contributed by atoms with Crippen LogP contribution in [0.1, 0.15) is 5.56 Å². The number of quaternary nitrogens is 1. The predicted molar refractivity (Wildman–Crippen MR) is 90.0 cm³/mol. The molecule has 0 saturated heterocycles. The van der Waals surface area contributed by atoms with Crippen LogP contribution in [0.5, 0.6) is 11.5 Å². The number of halogens is 1. The lowest BCUT2D eigenvalue weighted by molar-refractivity contribution is -0.885. The van der Waals surface area contributed by atoms with Gasteiger partial charge in [-0.15, -0.1) is 0 Å². The van der Waals surface area contributed by atoms with Crippen molar-refractivity contribution in [3.05, 3.63) is 53.8 Å². The maximum atomic E-state index is 13.6. The van der Waals surface area contributed by atoms with Gasteiger partial charge in [-0.1, -0.05) is 18.2 Å². The number of hydrogen-bond donors (Lipinski definition) is 2. The van der Waals surface area contributed by atoms with Crippen molar-refractivity contribution < 1.29 is 23.6 Å². The van der Waals surface area contributed by atoms with Crippen LogP contribution in [0.25, 0.3) is 0 Å². The van der Waals surface area contributed by atoms with Crippen LogP contribution >= 0.6 is 0 Å². The summed E-state index contributed by atoms with van der Waals surface area (Å²) >= 11 is 0. The molecule has 2 aromatic rings. The molecule has 0 fully saturated rings. The molecule has 1 atom stereocenters. The maximum Gasteiger partial charge on any atom is 0.279 e. The Hall–Kier alpha value is -2.60. The van der Waals surface area contributed by atoms with Crippen molar-refractivity contribution >= 4 is 11.6 Å². The Morgan fingerprint density at radius 3 is 2.54 bits per heavy atom. The lowest BCUT2D eigenvalue weighted by Gasteiger charge is -2.17.